The molecule has 1 fully saturated rings. The number of amides is 2. The average Bonchev–Trinajstić information content (AvgIpc) is 3.06. The minimum absolute atomic E-state index is 0.0889. The third-order valence-corrected chi connectivity index (χ3v) is 4.70. The molecule has 0 spiro atoms. The predicted octanol–water partition coefficient (Wildman–Crippen LogP) is 2.24. The zero-order chi connectivity index (χ0) is 18.0. The van der Waals surface area contributed by atoms with Gasteiger partial charge in [-0.3, -0.25) is 14.4 Å². The molecule has 2 N–H and O–H groups in total. The second-order valence-electron chi connectivity index (χ2n) is 6.61. The third kappa shape index (κ3) is 3.97. The maximum atomic E-state index is 13.3. The van der Waals surface area contributed by atoms with Crippen LogP contribution in [-0.4, -0.2) is 29.9 Å². The third-order valence-electron chi connectivity index (χ3n) is 4.70. The lowest BCUT2D eigenvalue weighted by Gasteiger charge is -2.25. The topological polar surface area (TPSA) is 84.5 Å². The van der Waals surface area contributed by atoms with Gasteiger partial charge in [-0.2, -0.15) is 0 Å². The maximum absolute atomic E-state index is 13.3. The number of anilines is 1. The van der Waals surface area contributed by atoms with Crippen LogP contribution in [0.4, 0.5) is 10.1 Å². The van der Waals surface area contributed by atoms with E-state index in [1.54, 1.807) is 0 Å². The summed E-state index contributed by atoms with van der Waals surface area (Å²) in [5, 5.41) is 5.42. The molecule has 1 aromatic rings. The molecule has 2 unspecified atom stereocenters. The number of benzene rings is 1. The van der Waals surface area contributed by atoms with Crippen LogP contribution in [0.5, 0.6) is 0 Å². The van der Waals surface area contributed by atoms with Crippen molar-refractivity contribution in [3.63, 3.8) is 0 Å². The largest absolute Gasteiger partial charge is 0.452 e. The number of hydrogen-bond donors (Lipinski definition) is 2. The van der Waals surface area contributed by atoms with Gasteiger partial charge in [0.15, 0.2) is 6.10 Å². The Hall–Kier alpha value is -2.44. The molecule has 2 aliphatic rings. The Balaban J connectivity index is 1.66. The van der Waals surface area contributed by atoms with Crippen LogP contribution in [0, 0.1) is 5.82 Å². The van der Waals surface area contributed by atoms with Gasteiger partial charge in [-0.1, -0.05) is 18.9 Å². The van der Waals surface area contributed by atoms with Crippen molar-refractivity contribution in [3.8, 4) is 0 Å². The minimum Gasteiger partial charge on any atom is -0.452 e. The first-order valence-corrected chi connectivity index (χ1v) is 8.54. The van der Waals surface area contributed by atoms with Gasteiger partial charge in [0.25, 0.3) is 5.91 Å². The van der Waals surface area contributed by atoms with Gasteiger partial charge in [-0.25, -0.2) is 4.39 Å². The Kier molecular flexibility index (Phi) is 5.01. The highest BCUT2D eigenvalue weighted by molar-refractivity contribution is 6.00. The van der Waals surface area contributed by atoms with Gasteiger partial charge in [-0.15, -0.1) is 0 Å². The van der Waals surface area contributed by atoms with Crippen molar-refractivity contribution < 1.29 is 23.5 Å². The Morgan fingerprint density at radius 1 is 1.32 bits per heavy atom. The second kappa shape index (κ2) is 7.21. The molecule has 25 heavy (non-hydrogen) atoms. The number of rotatable bonds is 4. The van der Waals surface area contributed by atoms with Crippen LogP contribution < -0.4 is 10.6 Å². The SMILES string of the molecule is CC(OC(=O)C1CC(=O)Nc2cc(F)ccc21)C(=O)NC1CCCC1. The van der Waals surface area contributed by atoms with Gasteiger partial charge in [0.2, 0.25) is 5.91 Å². The molecule has 3 rings (SSSR count). The first-order valence-electron chi connectivity index (χ1n) is 8.54. The van der Waals surface area contributed by atoms with Gasteiger partial charge < -0.3 is 15.4 Å². The molecule has 7 heteroatoms. The standard InChI is InChI=1S/C18H21FN2O4/c1-10(17(23)20-12-4-2-3-5-12)25-18(24)14-9-16(22)21-15-8-11(19)6-7-13(14)15/h6-8,10,12,14H,2-5,9H2,1H3,(H,20,23)(H,21,22). The molecule has 2 amide bonds. The van der Waals surface area contributed by atoms with Crippen molar-refractivity contribution in [1.29, 1.82) is 0 Å². The van der Waals surface area contributed by atoms with Crippen LogP contribution in [0.2, 0.25) is 0 Å². The van der Waals surface area contributed by atoms with E-state index < -0.39 is 23.8 Å². The van der Waals surface area contributed by atoms with Crippen LogP contribution in [0.3, 0.4) is 0 Å². The molecule has 1 aromatic carbocycles. The summed E-state index contributed by atoms with van der Waals surface area (Å²) in [6, 6.07) is 3.99. The molecule has 1 saturated carbocycles. The lowest BCUT2D eigenvalue weighted by Crippen LogP contribution is -2.41. The second-order valence-corrected chi connectivity index (χ2v) is 6.61. The zero-order valence-electron chi connectivity index (χ0n) is 14.0. The number of fused-ring (bicyclic) bond motifs is 1. The molecular formula is C18H21FN2O4. The number of halogens is 1. The Morgan fingerprint density at radius 3 is 2.76 bits per heavy atom. The summed E-state index contributed by atoms with van der Waals surface area (Å²) in [4.78, 5) is 36.4. The lowest BCUT2D eigenvalue weighted by molar-refractivity contribution is -0.157. The number of ether oxygens (including phenoxy) is 1. The van der Waals surface area contributed by atoms with Crippen LogP contribution >= 0.6 is 0 Å². The zero-order valence-corrected chi connectivity index (χ0v) is 14.0. The minimum atomic E-state index is -0.943. The van der Waals surface area contributed by atoms with E-state index in [1.807, 2.05) is 0 Å². The van der Waals surface area contributed by atoms with Gasteiger partial charge >= 0.3 is 5.97 Å². The van der Waals surface area contributed by atoms with E-state index in [1.165, 1.54) is 25.1 Å². The Bertz CT molecular complexity index is 700. The van der Waals surface area contributed by atoms with Crippen molar-refractivity contribution in [3.05, 3.63) is 29.6 Å². The summed E-state index contributed by atoms with van der Waals surface area (Å²) in [6.45, 7) is 1.51. The summed E-state index contributed by atoms with van der Waals surface area (Å²) < 4.78 is 18.6. The molecular weight excluding hydrogens is 327 g/mol. The molecule has 1 aliphatic heterocycles. The van der Waals surface area contributed by atoms with Crippen molar-refractivity contribution in [2.75, 3.05) is 5.32 Å². The summed E-state index contributed by atoms with van der Waals surface area (Å²) in [5.41, 5.74) is 0.760. The lowest BCUT2D eigenvalue weighted by atomic mass is 9.90. The van der Waals surface area contributed by atoms with E-state index >= 15 is 0 Å². The first-order chi connectivity index (χ1) is 11.9. The van der Waals surface area contributed by atoms with E-state index in [0.717, 1.165) is 25.7 Å². The number of hydrogen-bond acceptors (Lipinski definition) is 4. The van der Waals surface area contributed by atoms with Crippen molar-refractivity contribution in [2.45, 2.75) is 57.1 Å². The fourth-order valence-corrected chi connectivity index (χ4v) is 3.35. The molecule has 0 bridgehead atoms. The highest BCUT2D eigenvalue weighted by Gasteiger charge is 2.34. The maximum Gasteiger partial charge on any atom is 0.314 e. The number of nitrogens with one attached hydrogen (secondary N) is 2. The molecule has 1 heterocycles. The Morgan fingerprint density at radius 2 is 2.04 bits per heavy atom. The molecule has 1 aliphatic carbocycles. The summed E-state index contributed by atoms with van der Waals surface area (Å²) in [5.74, 6) is -2.72. The number of carbonyl (C=O) groups is 3. The molecule has 0 saturated heterocycles. The summed E-state index contributed by atoms with van der Waals surface area (Å²) in [7, 11) is 0. The van der Waals surface area contributed by atoms with E-state index in [2.05, 4.69) is 10.6 Å². The van der Waals surface area contributed by atoms with Gasteiger partial charge in [0, 0.05) is 18.2 Å². The normalized spacial score (nSPS) is 21.2. The number of esters is 1. The smallest absolute Gasteiger partial charge is 0.314 e. The molecule has 0 aromatic heterocycles. The van der Waals surface area contributed by atoms with Gasteiger partial charge in [-0.05, 0) is 37.5 Å². The average molecular weight is 348 g/mol. The van der Waals surface area contributed by atoms with Crippen LogP contribution in [0.15, 0.2) is 18.2 Å². The predicted molar refractivity (Wildman–Crippen MR) is 88.3 cm³/mol. The van der Waals surface area contributed by atoms with Crippen LogP contribution in [0.25, 0.3) is 0 Å². The van der Waals surface area contributed by atoms with E-state index in [9.17, 15) is 18.8 Å². The van der Waals surface area contributed by atoms with E-state index in [0.29, 0.717) is 5.56 Å². The fourth-order valence-electron chi connectivity index (χ4n) is 3.35. The first kappa shape index (κ1) is 17.4. The number of carbonyl (C=O) groups excluding carboxylic acids is 3. The highest BCUT2D eigenvalue weighted by atomic mass is 19.1. The van der Waals surface area contributed by atoms with Crippen molar-refractivity contribution in [1.82, 2.24) is 5.32 Å². The Labute approximate surface area is 145 Å². The molecule has 134 valence electrons. The highest BCUT2D eigenvalue weighted by Crippen LogP contribution is 2.33. The van der Waals surface area contributed by atoms with Gasteiger partial charge in [0.1, 0.15) is 5.82 Å². The fraction of sp³-hybridized carbons (Fsp3) is 0.500. The van der Waals surface area contributed by atoms with Crippen LogP contribution in [-0.2, 0) is 19.1 Å². The quantitative estimate of drug-likeness (QED) is 0.818. The monoisotopic (exact) mass is 348 g/mol. The summed E-state index contributed by atoms with van der Waals surface area (Å²) in [6.07, 6.45) is 3.02. The van der Waals surface area contributed by atoms with Crippen molar-refractivity contribution in [2.24, 2.45) is 0 Å². The molecule has 0 radical (unpaired) electrons. The van der Waals surface area contributed by atoms with Crippen LogP contribution in [0.1, 0.15) is 50.5 Å². The van der Waals surface area contributed by atoms with E-state index in [4.69, 9.17) is 4.74 Å². The summed E-state index contributed by atoms with van der Waals surface area (Å²) >= 11 is 0. The van der Waals surface area contributed by atoms with Gasteiger partial charge in [0.05, 0.1) is 5.92 Å². The molecule has 2 atom stereocenters. The van der Waals surface area contributed by atoms with Crippen molar-refractivity contribution >= 4 is 23.5 Å². The van der Waals surface area contributed by atoms with E-state index in [-0.39, 0.29) is 30.0 Å². The molecule has 6 nitrogen and oxygen atoms in total.